The molecule has 26 heavy (non-hydrogen) atoms. The van der Waals surface area contributed by atoms with Gasteiger partial charge in [-0.3, -0.25) is 4.79 Å². The van der Waals surface area contributed by atoms with Crippen molar-refractivity contribution in [3.05, 3.63) is 53.6 Å². The molecule has 1 aliphatic heterocycles. The van der Waals surface area contributed by atoms with E-state index >= 15 is 0 Å². The van der Waals surface area contributed by atoms with Gasteiger partial charge in [-0.25, -0.2) is 0 Å². The number of benzene rings is 2. The van der Waals surface area contributed by atoms with E-state index in [4.69, 9.17) is 9.47 Å². The molecule has 1 unspecified atom stereocenters. The average Bonchev–Trinajstić information content (AvgIpc) is 3.09. The zero-order chi connectivity index (χ0) is 18.7. The lowest BCUT2D eigenvalue weighted by Gasteiger charge is -2.26. The number of rotatable bonds is 6. The lowest BCUT2D eigenvalue weighted by Crippen LogP contribution is -2.34. The molecule has 3 rings (SSSR count). The predicted molar refractivity (Wildman–Crippen MR) is 102 cm³/mol. The minimum Gasteiger partial charge on any atom is -0.454 e. The van der Waals surface area contributed by atoms with Crippen LogP contribution >= 0.6 is 0 Å². The molecule has 0 aromatic heterocycles. The summed E-state index contributed by atoms with van der Waals surface area (Å²) in [6, 6.07) is 13.7. The van der Waals surface area contributed by atoms with Crippen molar-refractivity contribution in [3.63, 3.8) is 0 Å². The highest BCUT2D eigenvalue weighted by molar-refractivity contribution is 5.95. The van der Waals surface area contributed by atoms with Crippen LogP contribution in [0.25, 0.3) is 0 Å². The van der Waals surface area contributed by atoms with Gasteiger partial charge in [-0.1, -0.05) is 12.1 Å². The van der Waals surface area contributed by atoms with Crippen LogP contribution in [0, 0.1) is 0 Å². The van der Waals surface area contributed by atoms with E-state index in [-0.39, 0.29) is 18.7 Å². The summed E-state index contributed by atoms with van der Waals surface area (Å²) in [4.78, 5) is 16.7. The Morgan fingerprint density at radius 1 is 1.04 bits per heavy atom. The fourth-order valence-corrected chi connectivity index (χ4v) is 2.92. The molecule has 1 N–H and O–H groups in total. The molecular weight excluding hydrogens is 330 g/mol. The van der Waals surface area contributed by atoms with Crippen molar-refractivity contribution in [1.82, 2.24) is 10.2 Å². The van der Waals surface area contributed by atoms with E-state index in [2.05, 4.69) is 39.4 Å². The van der Waals surface area contributed by atoms with Gasteiger partial charge in [0.2, 0.25) is 6.79 Å². The van der Waals surface area contributed by atoms with Crippen molar-refractivity contribution < 1.29 is 14.3 Å². The average molecular weight is 355 g/mol. The van der Waals surface area contributed by atoms with Gasteiger partial charge >= 0.3 is 0 Å². The highest BCUT2D eigenvalue weighted by Gasteiger charge is 2.19. The van der Waals surface area contributed by atoms with Crippen LogP contribution in [0.1, 0.15) is 22.0 Å². The summed E-state index contributed by atoms with van der Waals surface area (Å²) in [6.45, 7) is 0.716. The molecule has 0 radical (unpaired) electrons. The van der Waals surface area contributed by atoms with Gasteiger partial charge in [0.15, 0.2) is 11.5 Å². The van der Waals surface area contributed by atoms with Crippen LogP contribution in [-0.4, -0.2) is 52.3 Å². The fraction of sp³-hybridized carbons (Fsp3) is 0.350. The minimum absolute atomic E-state index is 0.0872. The molecule has 1 atom stereocenters. The second-order valence-corrected chi connectivity index (χ2v) is 6.74. The molecule has 1 heterocycles. The Hall–Kier alpha value is -2.73. The van der Waals surface area contributed by atoms with E-state index in [1.807, 2.05) is 28.2 Å². The molecule has 2 aromatic rings. The van der Waals surface area contributed by atoms with E-state index in [9.17, 15) is 4.79 Å². The molecule has 0 bridgehead atoms. The van der Waals surface area contributed by atoms with Crippen LogP contribution in [-0.2, 0) is 0 Å². The molecule has 6 heteroatoms. The normalized spacial score (nSPS) is 13.6. The number of hydrogen-bond donors (Lipinski definition) is 1. The summed E-state index contributed by atoms with van der Waals surface area (Å²) in [5, 5.41) is 3.02. The van der Waals surface area contributed by atoms with Gasteiger partial charge in [0.1, 0.15) is 0 Å². The van der Waals surface area contributed by atoms with Gasteiger partial charge in [0.05, 0.1) is 6.04 Å². The topological polar surface area (TPSA) is 54.0 Å². The van der Waals surface area contributed by atoms with Crippen LogP contribution in [0.4, 0.5) is 5.69 Å². The van der Waals surface area contributed by atoms with Crippen molar-refractivity contribution in [3.8, 4) is 11.5 Å². The van der Waals surface area contributed by atoms with Gasteiger partial charge in [-0.05, 0) is 50.0 Å². The Morgan fingerprint density at radius 3 is 2.38 bits per heavy atom. The number of fused-ring (bicyclic) bond motifs is 1. The molecule has 0 saturated heterocycles. The molecule has 0 saturated carbocycles. The van der Waals surface area contributed by atoms with E-state index in [0.717, 1.165) is 11.3 Å². The molecule has 2 aromatic carbocycles. The Balaban J connectivity index is 1.67. The molecule has 6 nitrogen and oxygen atoms in total. The molecule has 1 aliphatic rings. The number of likely N-dealkylation sites (N-methyl/N-ethyl adjacent to an activating group) is 1. The Morgan fingerprint density at radius 2 is 1.73 bits per heavy atom. The number of carbonyl (C=O) groups excluding carboxylic acids is 1. The van der Waals surface area contributed by atoms with Crippen molar-refractivity contribution >= 4 is 11.6 Å². The maximum absolute atomic E-state index is 12.5. The van der Waals surface area contributed by atoms with Gasteiger partial charge in [0, 0.05) is 31.9 Å². The van der Waals surface area contributed by atoms with Gasteiger partial charge in [0.25, 0.3) is 5.91 Å². The third kappa shape index (κ3) is 3.91. The quantitative estimate of drug-likeness (QED) is 0.863. The van der Waals surface area contributed by atoms with Crippen LogP contribution in [0.15, 0.2) is 42.5 Å². The van der Waals surface area contributed by atoms with Crippen LogP contribution in [0.2, 0.25) is 0 Å². The summed E-state index contributed by atoms with van der Waals surface area (Å²) in [6.07, 6.45) is 0. The first-order valence-corrected chi connectivity index (χ1v) is 8.57. The van der Waals surface area contributed by atoms with Crippen LogP contribution in [0.3, 0.4) is 0 Å². The first-order valence-electron chi connectivity index (χ1n) is 8.57. The molecule has 0 fully saturated rings. The molecule has 0 spiro atoms. The van der Waals surface area contributed by atoms with Gasteiger partial charge in [-0.2, -0.15) is 0 Å². The number of anilines is 1. The summed E-state index contributed by atoms with van der Waals surface area (Å²) in [5.41, 5.74) is 2.87. The van der Waals surface area contributed by atoms with E-state index in [1.54, 1.807) is 18.2 Å². The zero-order valence-electron chi connectivity index (χ0n) is 15.7. The first-order chi connectivity index (χ1) is 12.5. The number of ether oxygens (including phenoxy) is 2. The molecule has 138 valence electrons. The predicted octanol–water partition coefficient (Wildman–Crippen LogP) is 2.51. The van der Waals surface area contributed by atoms with Crippen molar-refractivity contribution in [1.29, 1.82) is 0 Å². The van der Waals surface area contributed by atoms with E-state index in [0.29, 0.717) is 23.6 Å². The number of amides is 1. The number of hydrogen-bond acceptors (Lipinski definition) is 5. The van der Waals surface area contributed by atoms with Crippen LogP contribution in [0.5, 0.6) is 11.5 Å². The maximum atomic E-state index is 12.5. The Bertz CT molecular complexity index is 772. The first kappa shape index (κ1) is 18.1. The number of nitrogens with zero attached hydrogens (tertiary/aromatic N) is 2. The second-order valence-electron chi connectivity index (χ2n) is 6.74. The summed E-state index contributed by atoms with van der Waals surface area (Å²) < 4.78 is 10.6. The lowest BCUT2D eigenvalue weighted by atomic mass is 10.0. The Kier molecular flexibility index (Phi) is 5.32. The summed E-state index contributed by atoms with van der Waals surface area (Å²) in [7, 11) is 8.06. The monoisotopic (exact) mass is 355 g/mol. The van der Waals surface area contributed by atoms with E-state index < -0.39 is 0 Å². The van der Waals surface area contributed by atoms with Gasteiger partial charge in [-0.15, -0.1) is 0 Å². The smallest absolute Gasteiger partial charge is 0.251 e. The third-order valence-electron chi connectivity index (χ3n) is 4.51. The minimum atomic E-state index is -0.125. The SMILES string of the molecule is CN(C)c1ccc(C(CNC(=O)c2ccc3c(c2)OCO3)N(C)C)cc1. The van der Waals surface area contributed by atoms with Crippen molar-refractivity contribution in [2.75, 3.05) is 46.4 Å². The summed E-state index contributed by atoms with van der Waals surface area (Å²) >= 11 is 0. The van der Waals surface area contributed by atoms with Crippen LogP contribution < -0.4 is 19.7 Å². The maximum Gasteiger partial charge on any atom is 0.251 e. The highest BCUT2D eigenvalue weighted by Crippen LogP contribution is 2.32. The molecular formula is C20H25N3O3. The lowest BCUT2D eigenvalue weighted by molar-refractivity contribution is 0.0941. The Labute approximate surface area is 154 Å². The molecule has 0 aliphatic carbocycles. The number of carbonyl (C=O) groups is 1. The highest BCUT2D eigenvalue weighted by atomic mass is 16.7. The van der Waals surface area contributed by atoms with Gasteiger partial charge < -0.3 is 24.6 Å². The zero-order valence-corrected chi connectivity index (χ0v) is 15.7. The standard InChI is InChI=1S/C20H25N3O3/c1-22(2)16-8-5-14(6-9-16)17(23(3)4)12-21-20(24)15-7-10-18-19(11-15)26-13-25-18/h5-11,17H,12-13H2,1-4H3,(H,21,24). The number of nitrogens with one attached hydrogen (secondary N) is 1. The summed E-state index contributed by atoms with van der Waals surface area (Å²) in [5.74, 6) is 1.16. The van der Waals surface area contributed by atoms with E-state index in [1.165, 1.54) is 0 Å². The molecule has 1 amide bonds. The van der Waals surface area contributed by atoms with Crippen molar-refractivity contribution in [2.24, 2.45) is 0 Å². The fourth-order valence-electron chi connectivity index (χ4n) is 2.92. The third-order valence-corrected chi connectivity index (χ3v) is 4.51. The second kappa shape index (κ2) is 7.66. The van der Waals surface area contributed by atoms with Crippen molar-refractivity contribution in [2.45, 2.75) is 6.04 Å². The largest absolute Gasteiger partial charge is 0.454 e.